The number of thioether (sulfide) groups is 1. The number of nitrogens with one attached hydrogen (secondary N) is 1. The van der Waals surface area contributed by atoms with E-state index in [1.165, 1.54) is 10.5 Å². The third-order valence-electron chi connectivity index (χ3n) is 3.42. The van der Waals surface area contributed by atoms with Crippen LogP contribution in [0.3, 0.4) is 0 Å². The quantitative estimate of drug-likeness (QED) is 0.750. The van der Waals surface area contributed by atoms with Gasteiger partial charge in [-0.2, -0.15) is 0 Å². The molecule has 1 amide bonds. The number of carbonyl (C=O) groups is 1. The van der Waals surface area contributed by atoms with Crippen LogP contribution in [0.5, 0.6) is 0 Å². The first-order chi connectivity index (χ1) is 10.7. The lowest BCUT2D eigenvalue weighted by Crippen LogP contribution is -2.20. The van der Waals surface area contributed by atoms with Crippen LogP contribution in [-0.4, -0.2) is 10.9 Å². The molecule has 2 aromatic rings. The molecule has 2 rings (SSSR count). The normalized spacial score (nSPS) is 11.9. The van der Waals surface area contributed by atoms with Crippen molar-refractivity contribution in [3.63, 3.8) is 0 Å². The van der Waals surface area contributed by atoms with E-state index < -0.39 is 0 Å². The Balaban J connectivity index is 1.86. The molecule has 0 bridgehead atoms. The highest BCUT2D eigenvalue weighted by molar-refractivity contribution is 7.98. The van der Waals surface area contributed by atoms with Crippen molar-refractivity contribution in [2.24, 2.45) is 5.92 Å². The summed E-state index contributed by atoms with van der Waals surface area (Å²) in [4.78, 5) is 17.3. The molecule has 4 heteroatoms. The van der Waals surface area contributed by atoms with Crippen molar-refractivity contribution in [2.45, 2.75) is 37.3 Å². The second-order valence-electron chi connectivity index (χ2n) is 5.35. The van der Waals surface area contributed by atoms with Gasteiger partial charge in [-0.05, 0) is 42.3 Å². The molecule has 0 aliphatic rings. The van der Waals surface area contributed by atoms with Gasteiger partial charge in [0.25, 0.3) is 0 Å². The molecule has 1 aromatic carbocycles. The fourth-order valence-electron chi connectivity index (χ4n) is 2.11. The number of nitrogens with zero attached hydrogens (tertiary/aromatic N) is 1. The Morgan fingerprint density at radius 3 is 2.68 bits per heavy atom. The van der Waals surface area contributed by atoms with Gasteiger partial charge in [0.1, 0.15) is 0 Å². The Morgan fingerprint density at radius 2 is 2.05 bits per heavy atom. The summed E-state index contributed by atoms with van der Waals surface area (Å²) >= 11 is 1.76. The molecule has 0 saturated carbocycles. The molecule has 1 N–H and O–H groups in total. The number of rotatable bonds is 7. The molecular weight excluding hydrogens is 292 g/mol. The zero-order valence-corrected chi connectivity index (χ0v) is 13.9. The molecule has 1 unspecified atom stereocenters. The Morgan fingerprint density at radius 1 is 1.27 bits per heavy atom. The first-order valence-electron chi connectivity index (χ1n) is 7.61. The van der Waals surface area contributed by atoms with E-state index in [0.29, 0.717) is 0 Å². The van der Waals surface area contributed by atoms with Gasteiger partial charge in [-0.1, -0.05) is 26.3 Å². The van der Waals surface area contributed by atoms with Crippen LogP contribution in [0.25, 0.3) is 0 Å². The van der Waals surface area contributed by atoms with Crippen LogP contribution in [-0.2, 0) is 10.5 Å². The highest BCUT2D eigenvalue weighted by Crippen LogP contribution is 2.24. The summed E-state index contributed by atoms with van der Waals surface area (Å²) in [6.45, 7) is 4.06. The highest BCUT2D eigenvalue weighted by atomic mass is 32.2. The molecule has 1 aromatic heterocycles. The van der Waals surface area contributed by atoms with Crippen LogP contribution in [0.4, 0.5) is 5.69 Å². The van der Waals surface area contributed by atoms with E-state index in [1.54, 1.807) is 18.0 Å². The average molecular weight is 314 g/mol. The van der Waals surface area contributed by atoms with E-state index in [9.17, 15) is 4.79 Å². The molecular formula is C18H22N2OS. The second kappa shape index (κ2) is 8.59. The molecule has 1 heterocycles. The van der Waals surface area contributed by atoms with E-state index in [1.807, 2.05) is 43.5 Å². The number of anilines is 1. The van der Waals surface area contributed by atoms with Crippen molar-refractivity contribution in [3.05, 3.63) is 54.4 Å². The van der Waals surface area contributed by atoms with Gasteiger partial charge in [0.2, 0.25) is 5.91 Å². The minimum atomic E-state index is 0.0598. The van der Waals surface area contributed by atoms with Crippen LogP contribution in [0.1, 0.15) is 32.3 Å². The summed E-state index contributed by atoms with van der Waals surface area (Å²) in [6.07, 6.45) is 5.62. The Bertz CT molecular complexity index is 584. The zero-order valence-electron chi connectivity index (χ0n) is 13.1. The molecule has 116 valence electrons. The van der Waals surface area contributed by atoms with Crippen LogP contribution in [0.15, 0.2) is 53.7 Å². The molecule has 0 fully saturated rings. The molecule has 22 heavy (non-hydrogen) atoms. The smallest absolute Gasteiger partial charge is 0.227 e. The maximum Gasteiger partial charge on any atom is 0.227 e. The maximum absolute atomic E-state index is 12.0. The topological polar surface area (TPSA) is 42.0 Å². The van der Waals surface area contributed by atoms with Crippen LogP contribution >= 0.6 is 11.8 Å². The summed E-state index contributed by atoms with van der Waals surface area (Å²) in [6, 6.07) is 12.0. The number of pyridine rings is 1. The van der Waals surface area contributed by atoms with Crippen LogP contribution < -0.4 is 5.32 Å². The van der Waals surface area contributed by atoms with Crippen molar-refractivity contribution in [1.82, 2.24) is 4.98 Å². The van der Waals surface area contributed by atoms with Gasteiger partial charge in [-0.15, -0.1) is 11.8 Å². The molecule has 1 atom stereocenters. The molecule has 0 spiro atoms. The fourth-order valence-corrected chi connectivity index (χ4v) is 2.95. The molecule has 0 aliphatic carbocycles. The third kappa shape index (κ3) is 5.19. The van der Waals surface area contributed by atoms with Gasteiger partial charge in [-0.3, -0.25) is 9.78 Å². The van der Waals surface area contributed by atoms with Crippen molar-refractivity contribution in [1.29, 1.82) is 0 Å². The van der Waals surface area contributed by atoms with Gasteiger partial charge in [-0.25, -0.2) is 0 Å². The number of aromatic nitrogens is 1. The van der Waals surface area contributed by atoms with E-state index in [4.69, 9.17) is 0 Å². The highest BCUT2D eigenvalue weighted by Gasteiger charge is 2.11. The predicted molar refractivity (Wildman–Crippen MR) is 92.9 cm³/mol. The first-order valence-corrected chi connectivity index (χ1v) is 8.60. The monoisotopic (exact) mass is 314 g/mol. The Kier molecular flexibility index (Phi) is 6.46. The molecule has 3 nitrogen and oxygen atoms in total. The van der Waals surface area contributed by atoms with Gasteiger partial charge in [0.05, 0.1) is 0 Å². The van der Waals surface area contributed by atoms with Gasteiger partial charge in [0.15, 0.2) is 0 Å². The lowest BCUT2D eigenvalue weighted by Gasteiger charge is -2.11. The molecule has 0 saturated heterocycles. The van der Waals surface area contributed by atoms with E-state index in [0.717, 1.165) is 24.3 Å². The summed E-state index contributed by atoms with van der Waals surface area (Å²) in [5, 5.41) is 2.97. The second-order valence-corrected chi connectivity index (χ2v) is 6.40. The standard InChI is InChI=1S/C18H22N2OS/c1-3-5-14(2)18(21)20-16-7-9-17(10-8-16)22-13-15-6-4-11-19-12-15/h4,6-12,14H,3,5,13H2,1-2H3,(H,20,21). The summed E-state index contributed by atoms with van der Waals surface area (Å²) in [5.74, 6) is 1.05. The van der Waals surface area contributed by atoms with Crippen molar-refractivity contribution in [3.8, 4) is 0 Å². The number of hydrogen-bond acceptors (Lipinski definition) is 3. The number of hydrogen-bond donors (Lipinski definition) is 1. The average Bonchev–Trinajstić information content (AvgIpc) is 2.55. The van der Waals surface area contributed by atoms with Crippen molar-refractivity contribution >= 4 is 23.4 Å². The minimum absolute atomic E-state index is 0.0598. The van der Waals surface area contributed by atoms with Gasteiger partial charge >= 0.3 is 0 Å². The van der Waals surface area contributed by atoms with Gasteiger partial charge in [0, 0.05) is 34.6 Å². The summed E-state index contributed by atoms with van der Waals surface area (Å²) in [5.41, 5.74) is 2.07. The SMILES string of the molecule is CCCC(C)C(=O)Nc1ccc(SCc2cccnc2)cc1. The van der Waals surface area contributed by atoms with Gasteiger partial charge < -0.3 is 5.32 Å². The number of benzene rings is 1. The van der Waals surface area contributed by atoms with Crippen molar-refractivity contribution in [2.75, 3.05) is 5.32 Å². The number of amides is 1. The summed E-state index contributed by atoms with van der Waals surface area (Å²) in [7, 11) is 0. The third-order valence-corrected chi connectivity index (χ3v) is 4.50. The number of carbonyl (C=O) groups excluding carboxylic acids is 1. The van der Waals surface area contributed by atoms with E-state index in [-0.39, 0.29) is 11.8 Å². The first kappa shape index (κ1) is 16.6. The van der Waals surface area contributed by atoms with Crippen LogP contribution in [0.2, 0.25) is 0 Å². The van der Waals surface area contributed by atoms with E-state index in [2.05, 4.69) is 23.3 Å². The van der Waals surface area contributed by atoms with Crippen LogP contribution in [0, 0.1) is 5.92 Å². The molecule has 0 radical (unpaired) electrons. The Hall–Kier alpha value is -1.81. The Labute approximate surface area is 136 Å². The molecule has 0 aliphatic heterocycles. The minimum Gasteiger partial charge on any atom is -0.326 e. The van der Waals surface area contributed by atoms with E-state index >= 15 is 0 Å². The lowest BCUT2D eigenvalue weighted by molar-refractivity contribution is -0.119. The van der Waals surface area contributed by atoms with Crippen molar-refractivity contribution < 1.29 is 4.79 Å². The lowest BCUT2D eigenvalue weighted by atomic mass is 10.1. The zero-order chi connectivity index (χ0) is 15.8. The predicted octanol–water partition coefficient (Wildman–Crippen LogP) is 4.75. The largest absolute Gasteiger partial charge is 0.326 e. The fraction of sp³-hybridized carbons (Fsp3) is 0.333. The maximum atomic E-state index is 12.0. The summed E-state index contributed by atoms with van der Waals surface area (Å²) < 4.78 is 0.